The van der Waals surface area contributed by atoms with Gasteiger partial charge in [-0.15, -0.1) is 0 Å². The van der Waals surface area contributed by atoms with Crippen molar-refractivity contribution in [2.75, 3.05) is 0 Å². The van der Waals surface area contributed by atoms with Crippen molar-refractivity contribution in [3.63, 3.8) is 0 Å². The van der Waals surface area contributed by atoms with E-state index in [0.29, 0.717) is 24.8 Å². The molecule has 21 heavy (non-hydrogen) atoms. The van der Waals surface area contributed by atoms with Crippen LogP contribution in [0.25, 0.3) is 0 Å². The van der Waals surface area contributed by atoms with Crippen molar-refractivity contribution in [3.05, 3.63) is 34.7 Å². The first kappa shape index (κ1) is 19.9. The Morgan fingerprint density at radius 2 is 1.95 bits per heavy atom. The molecule has 1 atom stereocenters. The maximum absolute atomic E-state index is 14.0. The lowest BCUT2D eigenvalue weighted by atomic mass is 10.0. The molecular formula is C17H26ClFO2. The minimum atomic E-state index is -0.501. The largest absolute Gasteiger partial charge is 0.457 e. The number of rotatable bonds is 9. The lowest BCUT2D eigenvalue weighted by molar-refractivity contribution is -0.147. The Balaban J connectivity index is 5.12. The number of carbonyl (C=O) groups excluding carboxylic acids is 1. The summed E-state index contributed by atoms with van der Waals surface area (Å²) >= 11 is 5.85. The molecule has 0 radical (unpaired) electrons. The van der Waals surface area contributed by atoms with Crippen molar-refractivity contribution >= 4 is 17.6 Å². The predicted molar refractivity (Wildman–Crippen MR) is 86.9 cm³/mol. The molecule has 4 heteroatoms. The molecule has 0 saturated heterocycles. The average Bonchev–Trinajstić information content (AvgIpc) is 2.44. The minimum Gasteiger partial charge on any atom is -0.457 e. The summed E-state index contributed by atoms with van der Waals surface area (Å²) in [6, 6.07) is 0. The fourth-order valence-electron chi connectivity index (χ4n) is 1.83. The molecule has 0 fully saturated rings. The van der Waals surface area contributed by atoms with Gasteiger partial charge in [-0.3, -0.25) is 4.79 Å². The second-order valence-electron chi connectivity index (χ2n) is 4.76. The summed E-state index contributed by atoms with van der Waals surface area (Å²) in [6.07, 6.45) is 7.58. The van der Waals surface area contributed by atoms with E-state index in [1.165, 1.54) is 6.08 Å². The molecule has 120 valence electrons. The Hall–Kier alpha value is -1.09. The molecule has 0 aromatic carbocycles. The van der Waals surface area contributed by atoms with Gasteiger partial charge in [0.2, 0.25) is 0 Å². The monoisotopic (exact) mass is 316 g/mol. The zero-order chi connectivity index (χ0) is 16.3. The number of hydrogen-bond acceptors (Lipinski definition) is 2. The van der Waals surface area contributed by atoms with Gasteiger partial charge in [0.15, 0.2) is 0 Å². The molecule has 1 unspecified atom stereocenters. The van der Waals surface area contributed by atoms with Crippen molar-refractivity contribution in [3.8, 4) is 0 Å². The van der Waals surface area contributed by atoms with Gasteiger partial charge in [0.1, 0.15) is 11.9 Å². The number of hydrogen-bond donors (Lipinski definition) is 0. The molecule has 0 aliphatic heterocycles. The lowest BCUT2D eigenvalue weighted by Crippen LogP contribution is -2.19. The van der Waals surface area contributed by atoms with Crippen molar-refractivity contribution in [2.24, 2.45) is 0 Å². The molecule has 0 heterocycles. The molecule has 0 bridgehead atoms. The second-order valence-corrected chi connectivity index (χ2v) is 5.17. The summed E-state index contributed by atoms with van der Waals surface area (Å²) in [6.45, 7) is 7.60. The summed E-state index contributed by atoms with van der Waals surface area (Å²) < 4.78 is 19.4. The Morgan fingerprint density at radius 1 is 1.29 bits per heavy atom. The molecule has 0 amide bonds. The molecule has 0 rings (SSSR count). The summed E-state index contributed by atoms with van der Waals surface area (Å²) in [5, 5.41) is 0.0898. The lowest BCUT2D eigenvalue weighted by Gasteiger charge is -2.18. The van der Waals surface area contributed by atoms with E-state index in [2.05, 4.69) is 0 Å². The van der Waals surface area contributed by atoms with E-state index in [1.807, 2.05) is 20.8 Å². The van der Waals surface area contributed by atoms with Crippen molar-refractivity contribution < 1.29 is 13.9 Å². The standard InChI is InChI=1S/C17H26ClFO2/c1-5-9-14(18)15(19)12-13(8-4)16(10-6-2)21-17(20)11-7-3/h8-9,12,16H,5-7,10-11H2,1-4H3/b13-8+,14-9+,15-12+. The maximum Gasteiger partial charge on any atom is 0.306 e. The highest BCUT2D eigenvalue weighted by Gasteiger charge is 2.17. The zero-order valence-electron chi connectivity index (χ0n) is 13.4. The minimum absolute atomic E-state index is 0.0898. The first-order valence-corrected chi connectivity index (χ1v) is 7.96. The van der Waals surface area contributed by atoms with Crippen LogP contribution in [-0.4, -0.2) is 12.1 Å². The first-order valence-electron chi connectivity index (χ1n) is 7.58. The van der Waals surface area contributed by atoms with Gasteiger partial charge in [-0.1, -0.05) is 50.9 Å². The highest BCUT2D eigenvalue weighted by molar-refractivity contribution is 6.31. The van der Waals surface area contributed by atoms with E-state index in [-0.39, 0.29) is 11.0 Å². The topological polar surface area (TPSA) is 26.3 Å². The van der Waals surface area contributed by atoms with Crippen LogP contribution in [0.15, 0.2) is 34.7 Å². The third-order valence-electron chi connectivity index (χ3n) is 2.89. The van der Waals surface area contributed by atoms with E-state index in [4.69, 9.17) is 16.3 Å². The smallest absolute Gasteiger partial charge is 0.306 e. The highest BCUT2D eigenvalue weighted by Crippen LogP contribution is 2.23. The average molecular weight is 317 g/mol. The van der Waals surface area contributed by atoms with Crippen LogP contribution in [0.5, 0.6) is 0 Å². The number of ether oxygens (including phenoxy) is 1. The molecule has 0 aliphatic rings. The number of halogens is 2. The molecule has 0 aromatic rings. The third-order valence-corrected chi connectivity index (χ3v) is 3.22. The van der Waals surface area contributed by atoms with Crippen LogP contribution in [0.1, 0.15) is 59.8 Å². The van der Waals surface area contributed by atoms with Gasteiger partial charge >= 0.3 is 5.97 Å². The maximum atomic E-state index is 14.0. The summed E-state index contributed by atoms with van der Waals surface area (Å²) in [4.78, 5) is 11.7. The van der Waals surface area contributed by atoms with Crippen LogP contribution in [0, 0.1) is 0 Å². The normalized spacial score (nSPS) is 15.0. The van der Waals surface area contributed by atoms with Crippen molar-refractivity contribution in [2.45, 2.75) is 65.9 Å². The van der Waals surface area contributed by atoms with Crippen molar-refractivity contribution in [1.29, 1.82) is 0 Å². The van der Waals surface area contributed by atoms with E-state index in [9.17, 15) is 9.18 Å². The molecule has 0 aromatic heterocycles. The first-order chi connectivity index (χ1) is 9.99. The number of esters is 1. The van der Waals surface area contributed by atoms with Gasteiger partial charge in [0.05, 0.1) is 5.03 Å². The van der Waals surface area contributed by atoms with Crippen LogP contribution in [0.2, 0.25) is 0 Å². The van der Waals surface area contributed by atoms with E-state index >= 15 is 0 Å². The Kier molecular flexibility index (Phi) is 11.0. The van der Waals surface area contributed by atoms with Crippen LogP contribution in [0.4, 0.5) is 4.39 Å². The van der Waals surface area contributed by atoms with E-state index in [1.54, 1.807) is 19.1 Å². The third kappa shape index (κ3) is 8.05. The second kappa shape index (κ2) is 11.6. The van der Waals surface area contributed by atoms with Gasteiger partial charge in [-0.25, -0.2) is 4.39 Å². The number of allylic oxidation sites excluding steroid dienone is 4. The van der Waals surface area contributed by atoms with Crippen LogP contribution in [0.3, 0.4) is 0 Å². The van der Waals surface area contributed by atoms with Gasteiger partial charge in [0.25, 0.3) is 0 Å². The van der Waals surface area contributed by atoms with Crippen LogP contribution in [-0.2, 0) is 9.53 Å². The summed E-state index contributed by atoms with van der Waals surface area (Å²) in [5.41, 5.74) is 0.640. The van der Waals surface area contributed by atoms with Gasteiger partial charge in [-0.05, 0) is 37.8 Å². The number of carbonyl (C=O) groups is 1. The summed E-state index contributed by atoms with van der Waals surface area (Å²) in [7, 11) is 0. The molecule has 0 spiro atoms. The van der Waals surface area contributed by atoms with Crippen molar-refractivity contribution in [1.82, 2.24) is 0 Å². The van der Waals surface area contributed by atoms with Gasteiger partial charge in [-0.2, -0.15) is 0 Å². The van der Waals surface area contributed by atoms with E-state index in [0.717, 1.165) is 12.8 Å². The fraction of sp³-hybridized carbons (Fsp3) is 0.588. The zero-order valence-corrected chi connectivity index (χ0v) is 14.2. The van der Waals surface area contributed by atoms with Gasteiger partial charge in [0, 0.05) is 6.42 Å². The molecule has 0 saturated carbocycles. The van der Waals surface area contributed by atoms with Crippen LogP contribution >= 0.6 is 11.6 Å². The molecule has 2 nitrogen and oxygen atoms in total. The Bertz CT molecular complexity index is 411. The molecule has 0 N–H and O–H groups in total. The van der Waals surface area contributed by atoms with E-state index < -0.39 is 11.9 Å². The van der Waals surface area contributed by atoms with Gasteiger partial charge < -0.3 is 4.74 Å². The Labute approximate surface area is 132 Å². The predicted octanol–water partition coefficient (Wildman–Crippen LogP) is 5.83. The Morgan fingerprint density at radius 3 is 2.43 bits per heavy atom. The fourth-order valence-corrected chi connectivity index (χ4v) is 2.04. The van der Waals surface area contributed by atoms with Crippen LogP contribution < -0.4 is 0 Å². The highest BCUT2D eigenvalue weighted by atomic mass is 35.5. The summed E-state index contributed by atoms with van der Waals surface area (Å²) in [5.74, 6) is -0.751. The SMILES string of the molecule is C\C=C(/C=C(F)\C(Cl)=C/CC)C(CCC)OC(=O)CCC. The molecule has 0 aliphatic carbocycles. The quantitative estimate of drug-likeness (QED) is 0.395. The molecular weight excluding hydrogens is 291 g/mol.